The SMILES string of the molecule is CCCCCCCCCCCCCCCCCCCCCCCCCCCCCCCCCCCCCCCCCCCCCCCCCCCCCNCCCC(=O)O. The summed E-state index contributed by atoms with van der Waals surface area (Å²) in [7, 11) is 0. The van der Waals surface area contributed by atoms with E-state index in [0.29, 0.717) is 0 Å². The van der Waals surface area contributed by atoms with Gasteiger partial charge in [-0.05, 0) is 25.9 Å². The smallest absolute Gasteiger partial charge is 0.303 e. The first-order chi connectivity index (χ1) is 29.8. The summed E-state index contributed by atoms with van der Waals surface area (Å²) in [5.41, 5.74) is 0. The fourth-order valence-corrected chi connectivity index (χ4v) is 9.47. The average molecular weight is 847 g/mol. The van der Waals surface area contributed by atoms with Crippen LogP contribution in [0.3, 0.4) is 0 Å². The molecule has 0 aliphatic rings. The molecule has 360 valence electrons. The van der Waals surface area contributed by atoms with E-state index in [0.717, 1.165) is 19.5 Å². The first-order valence-electron chi connectivity index (χ1n) is 28.7. The molecule has 0 spiro atoms. The number of carbonyl (C=O) groups is 1. The number of hydrogen-bond acceptors (Lipinski definition) is 2. The number of hydrogen-bond donors (Lipinski definition) is 2. The Bertz CT molecular complexity index is 754. The molecule has 3 heteroatoms. The van der Waals surface area contributed by atoms with Crippen molar-refractivity contribution in [2.45, 2.75) is 347 Å². The van der Waals surface area contributed by atoms with Crippen molar-refractivity contribution in [3.8, 4) is 0 Å². The number of unbranched alkanes of at least 4 members (excludes halogenated alkanes) is 50. The summed E-state index contributed by atoms with van der Waals surface area (Å²) in [4.78, 5) is 10.5. The fourth-order valence-electron chi connectivity index (χ4n) is 9.47. The van der Waals surface area contributed by atoms with Gasteiger partial charge in [-0.2, -0.15) is 0 Å². The molecule has 0 aromatic carbocycles. The molecular formula is C57H115NO2. The second kappa shape index (κ2) is 56.4. The Morgan fingerprint density at radius 2 is 0.400 bits per heavy atom. The van der Waals surface area contributed by atoms with Crippen LogP contribution in [0, 0.1) is 0 Å². The molecule has 3 nitrogen and oxygen atoms in total. The third-order valence-corrected chi connectivity index (χ3v) is 13.7. The van der Waals surface area contributed by atoms with Crippen molar-refractivity contribution in [3.63, 3.8) is 0 Å². The van der Waals surface area contributed by atoms with Crippen LogP contribution in [0.25, 0.3) is 0 Å². The van der Waals surface area contributed by atoms with Crippen molar-refractivity contribution in [1.29, 1.82) is 0 Å². The van der Waals surface area contributed by atoms with Crippen LogP contribution in [0.2, 0.25) is 0 Å². The number of carboxylic acid groups (broad SMARTS) is 1. The Labute approximate surface area is 380 Å². The summed E-state index contributed by atoms with van der Waals surface area (Å²) in [6.07, 6.45) is 75.7. The van der Waals surface area contributed by atoms with E-state index >= 15 is 0 Å². The molecule has 0 aromatic rings. The van der Waals surface area contributed by atoms with Crippen LogP contribution in [-0.2, 0) is 4.79 Å². The maximum absolute atomic E-state index is 10.5. The van der Waals surface area contributed by atoms with Crippen LogP contribution in [-0.4, -0.2) is 24.2 Å². The van der Waals surface area contributed by atoms with Crippen LogP contribution < -0.4 is 5.32 Å². The van der Waals surface area contributed by atoms with E-state index in [1.165, 1.54) is 327 Å². The van der Waals surface area contributed by atoms with Crippen LogP contribution in [0.1, 0.15) is 347 Å². The molecule has 0 aromatic heterocycles. The molecule has 0 radical (unpaired) electrons. The molecule has 0 saturated heterocycles. The summed E-state index contributed by atoms with van der Waals surface area (Å²) in [6.45, 7) is 4.19. The minimum Gasteiger partial charge on any atom is -0.481 e. The van der Waals surface area contributed by atoms with Gasteiger partial charge in [-0.3, -0.25) is 4.79 Å². The van der Waals surface area contributed by atoms with Crippen molar-refractivity contribution in [2.75, 3.05) is 13.1 Å². The third-order valence-electron chi connectivity index (χ3n) is 13.7. The number of aliphatic carboxylic acids is 1. The second-order valence-corrected chi connectivity index (χ2v) is 19.9. The molecule has 0 aliphatic carbocycles. The Morgan fingerprint density at radius 1 is 0.250 bits per heavy atom. The molecule has 0 aliphatic heterocycles. The lowest BCUT2D eigenvalue weighted by Crippen LogP contribution is -2.17. The summed E-state index contributed by atoms with van der Waals surface area (Å²) < 4.78 is 0. The maximum atomic E-state index is 10.5. The van der Waals surface area contributed by atoms with Gasteiger partial charge in [0.05, 0.1) is 0 Å². The Kier molecular flexibility index (Phi) is 55.9. The van der Waals surface area contributed by atoms with E-state index in [4.69, 9.17) is 5.11 Å². The highest BCUT2D eigenvalue weighted by atomic mass is 16.4. The molecule has 0 saturated carbocycles. The number of rotatable bonds is 56. The Hall–Kier alpha value is -0.570. The lowest BCUT2D eigenvalue weighted by molar-refractivity contribution is -0.137. The van der Waals surface area contributed by atoms with Crippen LogP contribution in [0.15, 0.2) is 0 Å². The van der Waals surface area contributed by atoms with Gasteiger partial charge in [-0.25, -0.2) is 0 Å². The molecule has 60 heavy (non-hydrogen) atoms. The van der Waals surface area contributed by atoms with Gasteiger partial charge in [0.2, 0.25) is 0 Å². The first kappa shape index (κ1) is 59.4. The zero-order valence-electron chi connectivity index (χ0n) is 41.7. The molecule has 0 bridgehead atoms. The van der Waals surface area contributed by atoms with Gasteiger partial charge in [-0.15, -0.1) is 0 Å². The van der Waals surface area contributed by atoms with Gasteiger partial charge in [0.25, 0.3) is 0 Å². The number of nitrogens with one attached hydrogen (secondary N) is 1. The standard InChI is InChI=1S/C57H115NO2/c1-2-3-4-5-6-7-8-9-10-11-12-13-14-15-16-17-18-19-20-21-22-23-24-25-26-27-28-29-30-31-32-33-34-35-36-37-38-39-40-41-42-43-44-45-46-47-48-49-50-51-52-55-58-56-53-54-57(59)60/h58H,2-56H2,1H3,(H,59,60). The quantitative estimate of drug-likeness (QED) is 0.0600. The van der Waals surface area contributed by atoms with Gasteiger partial charge >= 0.3 is 5.97 Å². The van der Waals surface area contributed by atoms with Crippen LogP contribution in [0.5, 0.6) is 0 Å². The van der Waals surface area contributed by atoms with Crippen molar-refractivity contribution < 1.29 is 9.90 Å². The molecule has 0 heterocycles. The largest absolute Gasteiger partial charge is 0.481 e. The van der Waals surface area contributed by atoms with Crippen molar-refractivity contribution in [3.05, 3.63) is 0 Å². The normalized spacial score (nSPS) is 11.6. The summed E-state index contributed by atoms with van der Waals surface area (Å²) in [5.74, 6) is -0.686. The molecule has 0 fully saturated rings. The molecular weight excluding hydrogens is 731 g/mol. The van der Waals surface area contributed by atoms with E-state index < -0.39 is 5.97 Å². The van der Waals surface area contributed by atoms with Gasteiger partial charge in [0.15, 0.2) is 0 Å². The van der Waals surface area contributed by atoms with Crippen molar-refractivity contribution in [1.82, 2.24) is 5.32 Å². The predicted molar refractivity (Wildman–Crippen MR) is 271 cm³/mol. The fraction of sp³-hybridized carbons (Fsp3) is 0.982. The van der Waals surface area contributed by atoms with Gasteiger partial charge in [-0.1, -0.05) is 328 Å². The highest BCUT2D eigenvalue weighted by Gasteiger charge is 2.00. The Morgan fingerprint density at radius 3 is 0.567 bits per heavy atom. The zero-order valence-corrected chi connectivity index (χ0v) is 41.7. The third kappa shape index (κ3) is 57.4. The average Bonchev–Trinajstić information content (AvgIpc) is 3.25. The van der Waals surface area contributed by atoms with E-state index in [2.05, 4.69) is 12.2 Å². The van der Waals surface area contributed by atoms with Gasteiger partial charge in [0, 0.05) is 6.42 Å². The topological polar surface area (TPSA) is 49.3 Å². The molecule has 0 amide bonds. The first-order valence-corrected chi connectivity index (χ1v) is 28.7. The Balaban J connectivity index is 3.06. The zero-order chi connectivity index (χ0) is 43.2. The highest BCUT2D eigenvalue weighted by molar-refractivity contribution is 5.66. The monoisotopic (exact) mass is 846 g/mol. The van der Waals surface area contributed by atoms with E-state index in [1.807, 2.05) is 0 Å². The summed E-state index contributed by atoms with van der Waals surface area (Å²) >= 11 is 0. The highest BCUT2D eigenvalue weighted by Crippen LogP contribution is 2.19. The van der Waals surface area contributed by atoms with Crippen molar-refractivity contribution in [2.24, 2.45) is 0 Å². The lowest BCUT2D eigenvalue weighted by Gasteiger charge is -2.05. The maximum Gasteiger partial charge on any atom is 0.303 e. The second-order valence-electron chi connectivity index (χ2n) is 19.9. The molecule has 0 unspecified atom stereocenters. The van der Waals surface area contributed by atoms with E-state index in [9.17, 15) is 4.79 Å². The molecule has 0 atom stereocenters. The van der Waals surface area contributed by atoms with E-state index in [-0.39, 0.29) is 6.42 Å². The van der Waals surface area contributed by atoms with E-state index in [1.54, 1.807) is 0 Å². The van der Waals surface area contributed by atoms with Crippen molar-refractivity contribution >= 4 is 5.97 Å². The minimum atomic E-state index is -0.686. The van der Waals surface area contributed by atoms with Gasteiger partial charge < -0.3 is 10.4 Å². The van der Waals surface area contributed by atoms with Gasteiger partial charge in [0.1, 0.15) is 0 Å². The van der Waals surface area contributed by atoms with Crippen LogP contribution >= 0.6 is 0 Å². The van der Waals surface area contributed by atoms with Crippen LogP contribution in [0.4, 0.5) is 0 Å². The molecule has 2 N–H and O–H groups in total. The minimum absolute atomic E-state index is 0.285. The summed E-state index contributed by atoms with van der Waals surface area (Å²) in [6, 6.07) is 0. The lowest BCUT2D eigenvalue weighted by atomic mass is 10.0. The molecule has 0 rings (SSSR count). The summed E-state index contributed by atoms with van der Waals surface area (Å²) in [5, 5.41) is 12.0. The predicted octanol–water partition coefficient (Wildman–Crippen LogP) is 20.4. The number of carboxylic acids is 1.